The molecule has 0 amide bonds. The zero-order valence-corrected chi connectivity index (χ0v) is 10.2. The Morgan fingerprint density at radius 3 is 2.79 bits per heavy atom. The lowest BCUT2D eigenvalue weighted by Gasteiger charge is -2.08. The predicted molar refractivity (Wildman–Crippen MR) is 75.5 cm³/mol. The lowest BCUT2D eigenvalue weighted by molar-refractivity contribution is 1.09. The summed E-state index contributed by atoms with van der Waals surface area (Å²) in [4.78, 5) is 12.4. The van der Waals surface area contributed by atoms with Gasteiger partial charge >= 0.3 is 0 Å². The predicted octanol–water partition coefficient (Wildman–Crippen LogP) is 2.22. The van der Waals surface area contributed by atoms with Crippen molar-refractivity contribution in [2.45, 2.75) is 6.54 Å². The maximum Gasteiger partial charge on any atom is 0.221 e. The summed E-state index contributed by atoms with van der Waals surface area (Å²) in [6.07, 6.45) is 3.43. The number of nitrogen functional groups attached to an aromatic ring is 1. The van der Waals surface area contributed by atoms with Crippen molar-refractivity contribution in [2.75, 3.05) is 11.1 Å². The molecule has 0 fully saturated rings. The number of nitrogens with two attached hydrogens (primary N) is 1. The third kappa shape index (κ3) is 2.44. The lowest BCUT2D eigenvalue weighted by Crippen LogP contribution is -2.04. The molecule has 19 heavy (non-hydrogen) atoms. The number of benzene rings is 1. The summed E-state index contributed by atoms with van der Waals surface area (Å²) in [6, 6.07) is 11.9. The number of rotatable bonds is 3. The Balaban J connectivity index is 1.86. The van der Waals surface area contributed by atoms with Crippen LogP contribution in [0.2, 0.25) is 0 Å². The number of para-hydroxylation sites is 1. The van der Waals surface area contributed by atoms with Gasteiger partial charge in [0.15, 0.2) is 0 Å². The maximum atomic E-state index is 5.54. The molecule has 5 nitrogen and oxygen atoms in total. The van der Waals surface area contributed by atoms with Crippen molar-refractivity contribution in [1.29, 1.82) is 0 Å². The smallest absolute Gasteiger partial charge is 0.221 e. The van der Waals surface area contributed by atoms with Crippen molar-refractivity contribution >= 4 is 22.7 Å². The highest BCUT2D eigenvalue weighted by molar-refractivity contribution is 5.81. The van der Waals surface area contributed by atoms with E-state index in [0.29, 0.717) is 12.4 Å². The molecule has 5 heteroatoms. The molecule has 0 radical (unpaired) electrons. The molecule has 3 rings (SSSR count). The second-order valence-corrected chi connectivity index (χ2v) is 4.15. The summed E-state index contributed by atoms with van der Waals surface area (Å²) in [5, 5.41) is 4.35. The fraction of sp³-hybridized carbons (Fsp3) is 0.0714. The molecule has 0 bridgehead atoms. The molecule has 0 saturated heterocycles. The molecule has 3 aromatic rings. The Labute approximate surface area is 110 Å². The van der Waals surface area contributed by atoms with Gasteiger partial charge in [0.1, 0.15) is 5.82 Å². The number of pyridine rings is 1. The van der Waals surface area contributed by atoms with E-state index in [9.17, 15) is 0 Å². The normalized spacial score (nSPS) is 10.5. The van der Waals surface area contributed by atoms with Gasteiger partial charge in [0.05, 0.1) is 5.52 Å². The highest BCUT2D eigenvalue weighted by atomic mass is 15.1. The van der Waals surface area contributed by atoms with Crippen molar-refractivity contribution in [1.82, 2.24) is 15.0 Å². The first-order valence-corrected chi connectivity index (χ1v) is 5.98. The zero-order chi connectivity index (χ0) is 13.1. The SMILES string of the molecule is Nc1nccc(NCc2cccc3cccnc23)n1. The molecule has 0 aliphatic heterocycles. The summed E-state index contributed by atoms with van der Waals surface area (Å²) >= 11 is 0. The van der Waals surface area contributed by atoms with E-state index in [1.165, 1.54) is 0 Å². The van der Waals surface area contributed by atoms with Crippen molar-refractivity contribution < 1.29 is 0 Å². The summed E-state index contributed by atoms with van der Waals surface area (Å²) < 4.78 is 0. The van der Waals surface area contributed by atoms with Crippen LogP contribution in [0.1, 0.15) is 5.56 Å². The number of fused-ring (bicyclic) bond motifs is 1. The number of anilines is 2. The fourth-order valence-corrected chi connectivity index (χ4v) is 1.97. The van der Waals surface area contributed by atoms with Crippen LogP contribution < -0.4 is 11.1 Å². The number of aromatic nitrogens is 3. The van der Waals surface area contributed by atoms with Crippen molar-refractivity contribution in [3.8, 4) is 0 Å². The Bertz CT molecular complexity index is 706. The number of hydrogen-bond acceptors (Lipinski definition) is 5. The Kier molecular flexibility index (Phi) is 2.94. The minimum absolute atomic E-state index is 0.265. The van der Waals surface area contributed by atoms with Gasteiger partial charge in [-0.25, -0.2) is 4.98 Å². The van der Waals surface area contributed by atoms with Crippen LogP contribution in [-0.2, 0) is 6.54 Å². The zero-order valence-electron chi connectivity index (χ0n) is 10.2. The molecule has 0 unspecified atom stereocenters. The third-order valence-electron chi connectivity index (χ3n) is 2.85. The van der Waals surface area contributed by atoms with Gasteiger partial charge in [0.25, 0.3) is 0 Å². The van der Waals surface area contributed by atoms with Gasteiger partial charge in [0, 0.05) is 24.3 Å². The first kappa shape index (κ1) is 11.4. The molecule has 0 saturated carbocycles. The van der Waals surface area contributed by atoms with Crippen LogP contribution in [0.15, 0.2) is 48.8 Å². The molecular formula is C14H13N5. The highest BCUT2D eigenvalue weighted by Crippen LogP contribution is 2.17. The maximum absolute atomic E-state index is 5.54. The first-order chi connectivity index (χ1) is 9.33. The number of hydrogen-bond donors (Lipinski definition) is 2. The average Bonchev–Trinajstić information content (AvgIpc) is 2.45. The molecular weight excluding hydrogens is 238 g/mol. The van der Waals surface area contributed by atoms with Crippen LogP contribution in [-0.4, -0.2) is 15.0 Å². The highest BCUT2D eigenvalue weighted by Gasteiger charge is 2.02. The van der Waals surface area contributed by atoms with Gasteiger partial charge in [-0.2, -0.15) is 4.98 Å². The van der Waals surface area contributed by atoms with E-state index < -0.39 is 0 Å². The molecule has 3 N–H and O–H groups in total. The Morgan fingerprint density at radius 2 is 1.89 bits per heavy atom. The summed E-state index contributed by atoms with van der Waals surface area (Å²) in [5.41, 5.74) is 7.66. The standard InChI is InChI=1S/C14H13N5/c15-14-17-8-6-12(19-14)18-9-11-4-1-3-10-5-2-7-16-13(10)11/h1-8H,9H2,(H3,15,17,18,19). The molecule has 0 aliphatic rings. The molecule has 1 aromatic carbocycles. The van der Waals surface area contributed by atoms with E-state index in [-0.39, 0.29) is 5.95 Å². The van der Waals surface area contributed by atoms with E-state index in [4.69, 9.17) is 5.73 Å². The van der Waals surface area contributed by atoms with Crippen LogP contribution >= 0.6 is 0 Å². The van der Waals surface area contributed by atoms with Crippen LogP contribution in [0.25, 0.3) is 10.9 Å². The lowest BCUT2D eigenvalue weighted by atomic mass is 10.1. The van der Waals surface area contributed by atoms with Crippen LogP contribution in [0.4, 0.5) is 11.8 Å². The molecule has 0 atom stereocenters. The van der Waals surface area contributed by atoms with Gasteiger partial charge in [-0.3, -0.25) is 4.98 Å². The summed E-state index contributed by atoms with van der Waals surface area (Å²) in [6.45, 7) is 0.644. The number of nitrogens with zero attached hydrogens (tertiary/aromatic N) is 3. The van der Waals surface area contributed by atoms with Gasteiger partial charge in [-0.1, -0.05) is 24.3 Å². The van der Waals surface area contributed by atoms with Gasteiger partial charge < -0.3 is 11.1 Å². The minimum Gasteiger partial charge on any atom is -0.368 e. The van der Waals surface area contributed by atoms with Crippen molar-refractivity contribution in [3.63, 3.8) is 0 Å². The third-order valence-corrected chi connectivity index (χ3v) is 2.85. The molecule has 2 aromatic heterocycles. The Morgan fingerprint density at radius 1 is 1.00 bits per heavy atom. The molecule has 94 valence electrons. The van der Waals surface area contributed by atoms with Gasteiger partial charge in [0.2, 0.25) is 5.95 Å². The van der Waals surface area contributed by atoms with Gasteiger partial charge in [-0.15, -0.1) is 0 Å². The molecule has 0 aliphatic carbocycles. The second kappa shape index (κ2) is 4.89. The molecule has 0 spiro atoms. The monoisotopic (exact) mass is 251 g/mol. The van der Waals surface area contributed by atoms with E-state index in [0.717, 1.165) is 16.5 Å². The van der Waals surface area contributed by atoms with E-state index in [1.54, 1.807) is 18.5 Å². The average molecular weight is 251 g/mol. The van der Waals surface area contributed by atoms with Crippen molar-refractivity contribution in [3.05, 3.63) is 54.4 Å². The second-order valence-electron chi connectivity index (χ2n) is 4.15. The summed E-state index contributed by atoms with van der Waals surface area (Å²) in [5.74, 6) is 0.974. The fourth-order valence-electron chi connectivity index (χ4n) is 1.97. The van der Waals surface area contributed by atoms with Crippen LogP contribution in [0, 0.1) is 0 Å². The molecule has 2 heterocycles. The largest absolute Gasteiger partial charge is 0.368 e. The Hall–Kier alpha value is -2.69. The first-order valence-electron chi connectivity index (χ1n) is 5.98. The van der Waals surface area contributed by atoms with Crippen molar-refractivity contribution in [2.24, 2.45) is 0 Å². The van der Waals surface area contributed by atoms with E-state index >= 15 is 0 Å². The van der Waals surface area contributed by atoms with Crippen LogP contribution in [0.5, 0.6) is 0 Å². The topological polar surface area (TPSA) is 76.7 Å². The van der Waals surface area contributed by atoms with E-state index in [1.807, 2.05) is 18.2 Å². The minimum atomic E-state index is 0.265. The summed E-state index contributed by atoms with van der Waals surface area (Å²) in [7, 11) is 0. The van der Waals surface area contributed by atoms with Gasteiger partial charge in [-0.05, 0) is 17.7 Å². The number of nitrogens with one attached hydrogen (secondary N) is 1. The van der Waals surface area contributed by atoms with E-state index in [2.05, 4.69) is 32.4 Å². The quantitative estimate of drug-likeness (QED) is 0.746. The van der Waals surface area contributed by atoms with Crippen LogP contribution in [0.3, 0.4) is 0 Å².